The number of carboxylic acid groups (broad SMARTS) is 2. The number of carbonyl (C=O) groups is 2. The maximum atomic E-state index is 11.4. The first-order chi connectivity index (χ1) is 13.6. The minimum absolute atomic E-state index is 0.200. The van der Waals surface area contributed by atoms with Crippen LogP contribution in [0.1, 0.15) is 20.7 Å². The van der Waals surface area contributed by atoms with Gasteiger partial charge in [-0.3, -0.25) is 0 Å². The third kappa shape index (κ3) is 2.97. The summed E-state index contributed by atoms with van der Waals surface area (Å²) in [6.07, 6.45) is 0. The Morgan fingerprint density at radius 2 is 0.893 bits per heavy atom. The van der Waals surface area contributed by atoms with Gasteiger partial charge in [-0.1, -0.05) is 48.5 Å². The highest BCUT2D eigenvalue weighted by Crippen LogP contribution is 2.33. The molecule has 0 atom stereocenters. The largest absolute Gasteiger partial charge is 0.478 e. The fourth-order valence-corrected chi connectivity index (χ4v) is 3.22. The lowest BCUT2D eigenvalue weighted by atomic mass is 10.0. The van der Waals surface area contributed by atoms with Crippen molar-refractivity contribution >= 4 is 44.9 Å². The molecule has 4 aromatic carbocycles. The number of fused-ring (bicyclic) bond motifs is 2. The Labute approximate surface area is 159 Å². The first kappa shape index (κ1) is 17.4. The molecular weight excluding hydrogens is 356 g/mol. The zero-order chi connectivity index (χ0) is 19.7. The zero-order valence-electron chi connectivity index (χ0n) is 14.5. The van der Waals surface area contributed by atoms with E-state index in [2.05, 4.69) is 10.2 Å². The predicted molar refractivity (Wildman–Crippen MR) is 106 cm³/mol. The predicted octanol–water partition coefficient (Wildman–Crippen LogP) is 5.80. The van der Waals surface area contributed by atoms with Crippen LogP contribution in [0.2, 0.25) is 0 Å². The number of hydrogen-bond acceptors (Lipinski definition) is 4. The number of aromatic carboxylic acids is 2. The van der Waals surface area contributed by atoms with Crippen LogP contribution >= 0.6 is 0 Å². The third-order valence-corrected chi connectivity index (χ3v) is 4.53. The van der Waals surface area contributed by atoms with Gasteiger partial charge in [0.25, 0.3) is 0 Å². The van der Waals surface area contributed by atoms with Gasteiger partial charge < -0.3 is 10.2 Å². The van der Waals surface area contributed by atoms with E-state index in [9.17, 15) is 19.8 Å². The second-order valence-corrected chi connectivity index (χ2v) is 6.17. The van der Waals surface area contributed by atoms with Crippen molar-refractivity contribution in [3.63, 3.8) is 0 Å². The molecule has 0 bridgehead atoms. The van der Waals surface area contributed by atoms with Crippen molar-refractivity contribution in [3.8, 4) is 0 Å². The molecule has 4 aromatic rings. The maximum Gasteiger partial charge on any atom is 0.336 e. The van der Waals surface area contributed by atoms with Crippen molar-refractivity contribution in [2.24, 2.45) is 10.2 Å². The SMILES string of the molecule is O=C(O)c1ccc(N=Nc2ccc(C(=O)O)c3ccccc23)c2ccccc12. The fraction of sp³-hybridized carbons (Fsp3) is 0. The van der Waals surface area contributed by atoms with Crippen LogP contribution in [0.4, 0.5) is 11.4 Å². The van der Waals surface area contributed by atoms with Crippen molar-refractivity contribution in [3.05, 3.63) is 83.9 Å². The Morgan fingerprint density at radius 3 is 1.25 bits per heavy atom. The van der Waals surface area contributed by atoms with Gasteiger partial charge in [-0.25, -0.2) is 9.59 Å². The van der Waals surface area contributed by atoms with Crippen molar-refractivity contribution in [2.45, 2.75) is 0 Å². The summed E-state index contributed by atoms with van der Waals surface area (Å²) in [6.45, 7) is 0. The molecule has 0 aliphatic rings. The van der Waals surface area contributed by atoms with Crippen molar-refractivity contribution in [1.29, 1.82) is 0 Å². The van der Waals surface area contributed by atoms with E-state index < -0.39 is 11.9 Å². The van der Waals surface area contributed by atoms with Crippen LogP contribution in [0.25, 0.3) is 21.5 Å². The summed E-state index contributed by atoms with van der Waals surface area (Å²) in [4.78, 5) is 22.9. The van der Waals surface area contributed by atoms with Gasteiger partial charge >= 0.3 is 11.9 Å². The summed E-state index contributed by atoms with van der Waals surface area (Å²) in [5, 5.41) is 29.9. The molecule has 6 nitrogen and oxygen atoms in total. The zero-order valence-corrected chi connectivity index (χ0v) is 14.5. The molecule has 0 fully saturated rings. The molecule has 0 heterocycles. The first-order valence-electron chi connectivity index (χ1n) is 8.48. The molecule has 6 heteroatoms. The topological polar surface area (TPSA) is 99.3 Å². The molecule has 0 saturated carbocycles. The Balaban J connectivity index is 1.85. The number of azo groups is 1. The summed E-state index contributed by atoms with van der Waals surface area (Å²) in [5.74, 6) is -2.01. The lowest BCUT2D eigenvalue weighted by Crippen LogP contribution is -1.97. The van der Waals surface area contributed by atoms with Crippen LogP contribution in [-0.4, -0.2) is 22.2 Å². The van der Waals surface area contributed by atoms with Crippen molar-refractivity contribution < 1.29 is 19.8 Å². The molecule has 0 aromatic heterocycles. The van der Waals surface area contributed by atoms with E-state index in [0.29, 0.717) is 32.9 Å². The summed E-state index contributed by atoms with van der Waals surface area (Å²) in [5.41, 5.74) is 1.47. The number of carboxylic acids is 2. The van der Waals surface area contributed by atoms with Gasteiger partial charge in [-0.15, -0.1) is 10.2 Å². The van der Waals surface area contributed by atoms with Gasteiger partial charge in [0.15, 0.2) is 0 Å². The highest BCUT2D eigenvalue weighted by Gasteiger charge is 2.12. The Morgan fingerprint density at radius 1 is 0.536 bits per heavy atom. The quantitative estimate of drug-likeness (QED) is 0.443. The van der Waals surface area contributed by atoms with Crippen molar-refractivity contribution in [2.75, 3.05) is 0 Å². The molecule has 0 spiro atoms. The fourth-order valence-electron chi connectivity index (χ4n) is 3.22. The maximum absolute atomic E-state index is 11.4. The van der Waals surface area contributed by atoms with E-state index in [4.69, 9.17) is 0 Å². The Hall–Kier alpha value is -4.06. The van der Waals surface area contributed by atoms with Crippen LogP contribution in [0.15, 0.2) is 83.0 Å². The van der Waals surface area contributed by atoms with Crippen LogP contribution in [0.3, 0.4) is 0 Å². The van der Waals surface area contributed by atoms with Gasteiger partial charge in [-0.05, 0) is 35.0 Å². The van der Waals surface area contributed by atoms with Crippen LogP contribution in [0.5, 0.6) is 0 Å². The van der Waals surface area contributed by atoms with Gasteiger partial charge in [0.1, 0.15) is 0 Å². The molecular formula is C22H14N2O4. The summed E-state index contributed by atoms with van der Waals surface area (Å²) in [6, 6.07) is 20.4. The number of benzene rings is 4. The normalized spacial score (nSPS) is 11.3. The highest BCUT2D eigenvalue weighted by atomic mass is 16.4. The van der Waals surface area contributed by atoms with E-state index in [1.165, 1.54) is 12.1 Å². The molecule has 0 radical (unpaired) electrons. The van der Waals surface area contributed by atoms with Crippen LogP contribution in [0, 0.1) is 0 Å². The second kappa shape index (κ2) is 6.92. The van der Waals surface area contributed by atoms with E-state index in [1.54, 1.807) is 48.5 Å². The molecule has 28 heavy (non-hydrogen) atoms. The number of nitrogens with zero attached hydrogens (tertiary/aromatic N) is 2. The molecule has 0 amide bonds. The second-order valence-electron chi connectivity index (χ2n) is 6.17. The lowest BCUT2D eigenvalue weighted by molar-refractivity contribution is 0.0688. The average Bonchev–Trinajstić information content (AvgIpc) is 2.71. The van der Waals surface area contributed by atoms with Crippen molar-refractivity contribution in [1.82, 2.24) is 0 Å². The molecule has 4 rings (SSSR count). The van der Waals surface area contributed by atoms with E-state index in [0.717, 1.165) is 0 Å². The van der Waals surface area contributed by atoms with Gasteiger partial charge in [0.05, 0.1) is 22.5 Å². The average molecular weight is 370 g/mol. The summed E-state index contributed by atoms with van der Waals surface area (Å²) >= 11 is 0. The lowest BCUT2D eigenvalue weighted by Gasteiger charge is -2.06. The summed E-state index contributed by atoms with van der Waals surface area (Å²) < 4.78 is 0. The number of rotatable bonds is 4. The Bertz CT molecular complexity index is 1180. The molecule has 2 N–H and O–H groups in total. The highest BCUT2D eigenvalue weighted by molar-refractivity contribution is 6.08. The monoisotopic (exact) mass is 370 g/mol. The van der Waals surface area contributed by atoms with E-state index >= 15 is 0 Å². The standard InChI is InChI=1S/C22H14N2O4/c25-21(26)17-9-11-19(15-7-3-1-5-13(15)17)23-24-20-12-10-18(22(27)28)14-6-2-4-8-16(14)20/h1-12H,(H,25,26)(H,27,28). The Kier molecular flexibility index (Phi) is 4.29. The first-order valence-corrected chi connectivity index (χ1v) is 8.48. The molecule has 0 aliphatic heterocycles. The third-order valence-electron chi connectivity index (χ3n) is 4.53. The van der Waals surface area contributed by atoms with Gasteiger partial charge in [0.2, 0.25) is 0 Å². The molecule has 0 unspecified atom stereocenters. The van der Waals surface area contributed by atoms with Gasteiger partial charge in [0, 0.05) is 10.8 Å². The smallest absolute Gasteiger partial charge is 0.336 e. The minimum Gasteiger partial charge on any atom is -0.478 e. The molecule has 0 saturated heterocycles. The van der Waals surface area contributed by atoms with E-state index in [1.807, 2.05) is 12.1 Å². The van der Waals surface area contributed by atoms with Gasteiger partial charge in [-0.2, -0.15) is 0 Å². The minimum atomic E-state index is -1.00. The summed E-state index contributed by atoms with van der Waals surface area (Å²) in [7, 11) is 0. The van der Waals surface area contributed by atoms with Crippen LogP contribution in [-0.2, 0) is 0 Å². The molecule has 136 valence electrons. The van der Waals surface area contributed by atoms with E-state index in [-0.39, 0.29) is 11.1 Å². The molecule has 0 aliphatic carbocycles. The van der Waals surface area contributed by atoms with Crippen LogP contribution < -0.4 is 0 Å². The number of hydrogen-bond donors (Lipinski definition) is 2.